The Balaban J connectivity index is 0.00000242. The number of carbonyl (C=O) groups is 2. The first kappa shape index (κ1) is 19.6. The van der Waals surface area contributed by atoms with Gasteiger partial charge >= 0.3 is 0 Å². The number of hydrogen-bond acceptors (Lipinski definition) is 4. The van der Waals surface area contributed by atoms with Gasteiger partial charge in [0.1, 0.15) is 6.04 Å². The Morgan fingerprint density at radius 2 is 2.18 bits per heavy atom. The molecule has 0 saturated carbocycles. The van der Waals surface area contributed by atoms with Crippen LogP contribution in [0.15, 0.2) is 0 Å². The summed E-state index contributed by atoms with van der Waals surface area (Å²) in [6.45, 7) is 6.14. The van der Waals surface area contributed by atoms with Crippen LogP contribution in [-0.4, -0.2) is 53.5 Å². The highest BCUT2D eigenvalue weighted by atomic mass is 35.5. The maximum absolute atomic E-state index is 12.5. The van der Waals surface area contributed by atoms with Crippen LogP contribution in [0.25, 0.3) is 0 Å². The maximum Gasteiger partial charge on any atom is 0.243 e. The van der Waals surface area contributed by atoms with Crippen LogP contribution in [-0.2, 0) is 9.59 Å². The van der Waals surface area contributed by atoms with Crippen LogP contribution in [0.4, 0.5) is 0 Å². The quantitative estimate of drug-likeness (QED) is 0.791. The summed E-state index contributed by atoms with van der Waals surface area (Å²) in [5, 5.41) is 6.50. The van der Waals surface area contributed by atoms with Crippen LogP contribution in [0.2, 0.25) is 0 Å². The summed E-state index contributed by atoms with van der Waals surface area (Å²) in [6, 6.07) is -0.0432. The van der Waals surface area contributed by atoms with Crippen LogP contribution < -0.4 is 10.6 Å². The monoisotopic (exact) mass is 349 g/mol. The molecule has 0 radical (unpaired) electrons. The zero-order chi connectivity index (χ0) is 15.2. The van der Waals surface area contributed by atoms with Crippen molar-refractivity contribution < 1.29 is 9.59 Å². The average molecular weight is 350 g/mol. The van der Waals surface area contributed by atoms with Crippen LogP contribution in [0.3, 0.4) is 0 Å². The number of nitrogens with zero attached hydrogens (tertiary/aromatic N) is 1. The van der Waals surface area contributed by atoms with E-state index in [2.05, 4.69) is 24.5 Å². The molecule has 5 nitrogen and oxygen atoms in total. The molecule has 2 saturated heterocycles. The first-order chi connectivity index (χ1) is 10.1. The number of hydrogen-bond donors (Lipinski definition) is 2. The van der Waals surface area contributed by atoms with Crippen molar-refractivity contribution in [1.82, 2.24) is 15.5 Å². The largest absolute Gasteiger partial charge is 0.351 e. The molecule has 7 heteroatoms. The molecule has 0 aromatic rings. The minimum atomic E-state index is -0.276. The predicted octanol–water partition coefficient (Wildman–Crippen LogP) is 1.61. The van der Waals surface area contributed by atoms with Crippen molar-refractivity contribution in [3.63, 3.8) is 0 Å². The van der Waals surface area contributed by atoms with Crippen LogP contribution in [0.1, 0.15) is 39.5 Å². The molecular weight excluding hydrogens is 322 g/mol. The second-order valence-corrected chi connectivity index (χ2v) is 7.07. The van der Waals surface area contributed by atoms with E-state index in [0.29, 0.717) is 18.2 Å². The molecule has 2 rings (SSSR count). The average Bonchev–Trinajstić information content (AvgIpc) is 2.96. The Morgan fingerprint density at radius 1 is 1.41 bits per heavy atom. The fourth-order valence-corrected chi connectivity index (χ4v) is 4.07. The highest BCUT2D eigenvalue weighted by Crippen LogP contribution is 2.23. The summed E-state index contributed by atoms with van der Waals surface area (Å²) in [7, 11) is 0. The number of unbranched alkanes of at least 4 members (excludes halogenated alkanes) is 1. The lowest BCUT2D eigenvalue weighted by atomic mass is 9.95. The van der Waals surface area contributed by atoms with E-state index in [0.717, 1.165) is 38.1 Å². The van der Waals surface area contributed by atoms with E-state index in [4.69, 9.17) is 0 Å². The number of carbonyl (C=O) groups excluding carboxylic acids is 2. The number of rotatable bonds is 5. The van der Waals surface area contributed by atoms with Crippen molar-refractivity contribution in [3.8, 4) is 0 Å². The first-order valence-electron chi connectivity index (χ1n) is 8.01. The molecule has 0 aromatic heterocycles. The highest BCUT2D eigenvalue weighted by molar-refractivity contribution is 7.99. The molecule has 2 amide bonds. The summed E-state index contributed by atoms with van der Waals surface area (Å²) in [5.41, 5.74) is 0. The second kappa shape index (κ2) is 9.63. The second-order valence-electron chi connectivity index (χ2n) is 6.07. The van der Waals surface area contributed by atoms with Gasteiger partial charge in [0.2, 0.25) is 11.8 Å². The van der Waals surface area contributed by atoms with E-state index in [1.807, 2.05) is 0 Å². The van der Waals surface area contributed by atoms with Crippen LogP contribution >= 0.6 is 24.2 Å². The molecule has 2 heterocycles. The first-order valence-corrected chi connectivity index (χ1v) is 9.17. The van der Waals surface area contributed by atoms with Gasteiger partial charge in [0.15, 0.2) is 0 Å². The van der Waals surface area contributed by atoms with Gasteiger partial charge in [0.05, 0.1) is 5.88 Å². The lowest BCUT2D eigenvalue weighted by Crippen LogP contribution is -2.54. The smallest absolute Gasteiger partial charge is 0.243 e. The van der Waals surface area contributed by atoms with Crippen molar-refractivity contribution in [2.75, 3.05) is 24.7 Å². The van der Waals surface area contributed by atoms with Crippen molar-refractivity contribution in [2.45, 2.75) is 51.6 Å². The molecule has 2 aliphatic heterocycles. The zero-order valence-corrected chi connectivity index (χ0v) is 15.1. The van der Waals surface area contributed by atoms with Gasteiger partial charge in [-0.2, -0.15) is 0 Å². The fourth-order valence-electron chi connectivity index (χ4n) is 2.88. The van der Waals surface area contributed by atoms with E-state index >= 15 is 0 Å². The van der Waals surface area contributed by atoms with E-state index in [1.54, 1.807) is 16.7 Å². The van der Waals surface area contributed by atoms with Crippen molar-refractivity contribution in [3.05, 3.63) is 0 Å². The van der Waals surface area contributed by atoms with Gasteiger partial charge in [0.25, 0.3) is 0 Å². The summed E-state index contributed by atoms with van der Waals surface area (Å²) in [5.74, 6) is 1.98. The van der Waals surface area contributed by atoms with E-state index in [-0.39, 0.29) is 36.3 Å². The molecule has 0 spiro atoms. The standard InChI is InChI=1S/C15H27N3O2S.ClH/c1-3-4-5-14(19)18-10-21-9-13(18)15(20)17-12-6-7-16-8-11(12)2;/h11-13,16H,3-10H2,1-2H3,(H,17,20);1H. The van der Waals surface area contributed by atoms with Gasteiger partial charge in [-0.25, -0.2) is 0 Å². The van der Waals surface area contributed by atoms with E-state index < -0.39 is 0 Å². The molecule has 22 heavy (non-hydrogen) atoms. The lowest BCUT2D eigenvalue weighted by Gasteiger charge is -2.32. The topological polar surface area (TPSA) is 61.4 Å². The van der Waals surface area contributed by atoms with E-state index in [1.165, 1.54) is 0 Å². The maximum atomic E-state index is 12.5. The molecule has 3 atom stereocenters. The Hall–Kier alpha value is -0.460. The van der Waals surface area contributed by atoms with Gasteiger partial charge in [0, 0.05) is 18.2 Å². The van der Waals surface area contributed by atoms with Crippen molar-refractivity contribution in [1.29, 1.82) is 0 Å². The van der Waals surface area contributed by atoms with Crippen LogP contribution in [0.5, 0.6) is 0 Å². The minimum absolute atomic E-state index is 0. The van der Waals surface area contributed by atoms with Gasteiger partial charge in [-0.3, -0.25) is 9.59 Å². The molecule has 128 valence electrons. The number of halogens is 1. The molecule has 0 aromatic carbocycles. The lowest BCUT2D eigenvalue weighted by molar-refractivity contribution is -0.138. The molecule has 2 aliphatic rings. The van der Waals surface area contributed by atoms with Crippen molar-refractivity contribution in [2.24, 2.45) is 5.92 Å². The van der Waals surface area contributed by atoms with Crippen molar-refractivity contribution >= 4 is 36.0 Å². The normalized spacial score (nSPS) is 28.1. The Morgan fingerprint density at radius 3 is 2.86 bits per heavy atom. The summed E-state index contributed by atoms with van der Waals surface area (Å²) >= 11 is 1.68. The molecule has 0 aliphatic carbocycles. The van der Waals surface area contributed by atoms with Crippen LogP contribution in [0, 0.1) is 5.92 Å². The SMILES string of the molecule is CCCCC(=O)N1CSCC1C(=O)NC1CCNCC1C.Cl. The fraction of sp³-hybridized carbons (Fsp3) is 0.867. The minimum Gasteiger partial charge on any atom is -0.351 e. The third kappa shape index (κ3) is 5.03. The predicted molar refractivity (Wildman–Crippen MR) is 93.3 cm³/mol. The number of nitrogens with one attached hydrogen (secondary N) is 2. The van der Waals surface area contributed by atoms with Gasteiger partial charge in [-0.05, 0) is 31.8 Å². The van der Waals surface area contributed by atoms with Gasteiger partial charge in [-0.15, -0.1) is 24.2 Å². The number of piperidine rings is 1. The molecule has 2 fully saturated rings. The summed E-state index contributed by atoms with van der Waals surface area (Å²) < 4.78 is 0. The third-order valence-electron chi connectivity index (χ3n) is 4.36. The number of thioether (sulfide) groups is 1. The van der Waals surface area contributed by atoms with Gasteiger partial charge < -0.3 is 15.5 Å². The summed E-state index contributed by atoms with van der Waals surface area (Å²) in [4.78, 5) is 26.5. The zero-order valence-electron chi connectivity index (χ0n) is 13.5. The summed E-state index contributed by atoms with van der Waals surface area (Å²) in [6.07, 6.45) is 3.44. The number of amides is 2. The van der Waals surface area contributed by atoms with E-state index in [9.17, 15) is 9.59 Å². The molecular formula is C15H28ClN3O2S. The Labute approximate surface area is 143 Å². The Kier molecular flexibility index (Phi) is 8.57. The highest BCUT2D eigenvalue weighted by Gasteiger charge is 2.35. The molecule has 3 unspecified atom stereocenters. The Bertz CT molecular complexity index is 384. The molecule has 0 bridgehead atoms. The third-order valence-corrected chi connectivity index (χ3v) is 5.37. The molecule has 2 N–H and O–H groups in total. The van der Waals surface area contributed by atoms with Gasteiger partial charge in [-0.1, -0.05) is 20.3 Å².